The molecule has 1 amide bonds. The van der Waals surface area contributed by atoms with E-state index in [1.165, 1.54) is 16.8 Å². The van der Waals surface area contributed by atoms with Crippen molar-refractivity contribution in [3.8, 4) is 11.4 Å². The summed E-state index contributed by atoms with van der Waals surface area (Å²) in [5.41, 5.74) is 2.40. The minimum absolute atomic E-state index is 0.234. The van der Waals surface area contributed by atoms with Gasteiger partial charge in [-0.25, -0.2) is 5.43 Å². The van der Waals surface area contributed by atoms with Crippen LogP contribution in [0.15, 0.2) is 76.4 Å². The fourth-order valence-corrected chi connectivity index (χ4v) is 2.85. The van der Waals surface area contributed by atoms with Crippen molar-refractivity contribution in [2.45, 2.75) is 6.18 Å². The van der Waals surface area contributed by atoms with Gasteiger partial charge in [-0.3, -0.25) is 4.79 Å². The Kier molecular flexibility index (Phi) is 6.38. The summed E-state index contributed by atoms with van der Waals surface area (Å²) in [7, 11) is 0. The molecule has 0 radical (unpaired) electrons. The molecule has 1 heterocycles. The van der Waals surface area contributed by atoms with Gasteiger partial charge in [-0.2, -0.15) is 18.3 Å². The predicted molar refractivity (Wildman–Crippen MR) is 106 cm³/mol. The number of ether oxygens (including phenoxy) is 1. The smallest absolute Gasteiger partial charge is 0.416 e. The average Bonchev–Trinajstić information content (AvgIpc) is 3.14. The Morgan fingerprint density at radius 3 is 2.69 bits per heavy atom. The Hall–Kier alpha value is -3.07. The van der Waals surface area contributed by atoms with Gasteiger partial charge in [0.2, 0.25) is 0 Å². The van der Waals surface area contributed by atoms with Gasteiger partial charge < -0.3 is 9.30 Å². The summed E-state index contributed by atoms with van der Waals surface area (Å²) < 4.78 is 46.5. The molecule has 0 aliphatic rings. The van der Waals surface area contributed by atoms with Gasteiger partial charge in [0.1, 0.15) is 5.75 Å². The number of hydrogen-bond acceptors (Lipinski definition) is 3. The van der Waals surface area contributed by atoms with E-state index in [-0.39, 0.29) is 6.61 Å². The van der Waals surface area contributed by atoms with E-state index in [2.05, 4.69) is 26.5 Å². The second-order valence-electron chi connectivity index (χ2n) is 5.89. The van der Waals surface area contributed by atoms with Crippen LogP contribution in [0.1, 0.15) is 11.3 Å². The zero-order chi connectivity index (χ0) is 20.9. The number of alkyl halides is 3. The fourth-order valence-electron chi connectivity index (χ4n) is 2.47. The van der Waals surface area contributed by atoms with E-state index >= 15 is 0 Å². The maximum absolute atomic E-state index is 12.9. The Morgan fingerprint density at radius 2 is 1.93 bits per heavy atom. The van der Waals surface area contributed by atoms with Crippen LogP contribution in [-0.4, -0.2) is 23.3 Å². The van der Waals surface area contributed by atoms with Gasteiger partial charge in [0.15, 0.2) is 6.61 Å². The van der Waals surface area contributed by atoms with E-state index in [4.69, 9.17) is 4.74 Å². The number of aromatic nitrogens is 1. The molecule has 0 saturated carbocycles. The molecular formula is C20H15BrF3N3O2. The zero-order valence-electron chi connectivity index (χ0n) is 14.9. The first-order chi connectivity index (χ1) is 13.8. The van der Waals surface area contributed by atoms with Crippen molar-refractivity contribution < 1.29 is 22.7 Å². The molecule has 29 heavy (non-hydrogen) atoms. The Labute approximate surface area is 172 Å². The molecular weight excluding hydrogens is 451 g/mol. The number of nitrogens with one attached hydrogen (secondary N) is 1. The Bertz CT molecular complexity index is 1030. The van der Waals surface area contributed by atoms with E-state index in [9.17, 15) is 18.0 Å². The lowest BCUT2D eigenvalue weighted by Crippen LogP contribution is -2.24. The first kappa shape index (κ1) is 20.7. The first-order valence-electron chi connectivity index (χ1n) is 8.38. The number of halogens is 4. The van der Waals surface area contributed by atoms with E-state index in [0.29, 0.717) is 17.1 Å². The average molecular weight is 466 g/mol. The van der Waals surface area contributed by atoms with Crippen LogP contribution in [0, 0.1) is 0 Å². The molecule has 5 nitrogen and oxygen atoms in total. The minimum atomic E-state index is -4.43. The highest BCUT2D eigenvalue weighted by Crippen LogP contribution is 2.30. The number of rotatable bonds is 6. The number of nitrogens with zero attached hydrogens (tertiary/aromatic N) is 2. The van der Waals surface area contributed by atoms with Crippen LogP contribution >= 0.6 is 15.9 Å². The van der Waals surface area contributed by atoms with Crippen molar-refractivity contribution in [2.24, 2.45) is 5.10 Å². The first-order valence-corrected chi connectivity index (χ1v) is 9.17. The molecule has 150 valence electrons. The summed E-state index contributed by atoms with van der Waals surface area (Å²) >= 11 is 3.31. The van der Waals surface area contributed by atoms with Crippen LogP contribution in [-0.2, 0) is 11.0 Å². The number of carbonyl (C=O) groups is 1. The number of benzene rings is 2. The van der Waals surface area contributed by atoms with Crippen LogP contribution in [0.4, 0.5) is 13.2 Å². The van der Waals surface area contributed by atoms with Gasteiger partial charge in [0.25, 0.3) is 5.91 Å². The highest BCUT2D eigenvalue weighted by molar-refractivity contribution is 9.10. The van der Waals surface area contributed by atoms with Gasteiger partial charge in [0, 0.05) is 16.4 Å². The van der Waals surface area contributed by atoms with Crippen LogP contribution < -0.4 is 10.2 Å². The highest BCUT2D eigenvalue weighted by Gasteiger charge is 2.30. The third-order valence-electron chi connectivity index (χ3n) is 3.78. The van der Waals surface area contributed by atoms with Crippen molar-refractivity contribution >= 4 is 28.1 Å². The van der Waals surface area contributed by atoms with Gasteiger partial charge in [0.05, 0.1) is 17.5 Å². The van der Waals surface area contributed by atoms with E-state index in [1.807, 2.05) is 6.07 Å². The molecule has 3 rings (SSSR count). The second kappa shape index (κ2) is 8.95. The quantitative estimate of drug-likeness (QED) is 0.420. The number of hydrogen-bond donors (Lipinski definition) is 1. The molecule has 0 aliphatic heterocycles. The van der Waals surface area contributed by atoms with Crippen LogP contribution in [0.25, 0.3) is 5.69 Å². The van der Waals surface area contributed by atoms with Gasteiger partial charge in [-0.15, -0.1) is 0 Å². The standard InChI is InChI=1S/C20H15BrF3N3O2/c21-15-5-2-8-18(11-15)29-13-19(28)26-25-12-17-7-3-9-27(17)16-6-1-4-14(10-16)20(22,23)24/h1-12H,13H2,(H,26,28)/b25-12+. The van der Waals surface area contributed by atoms with Crippen molar-refractivity contribution in [1.29, 1.82) is 0 Å². The molecule has 0 unspecified atom stereocenters. The molecule has 0 aliphatic carbocycles. The van der Waals surface area contributed by atoms with E-state index in [0.717, 1.165) is 16.6 Å². The van der Waals surface area contributed by atoms with Crippen LogP contribution in [0.3, 0.4) is 0 Å². The normalized spacial score (nSPS) is 11.6. The summed E-state index contributed by atoms with van der Waals surface area (Å²) in [4.78, 5) is 11.8. The second-order valence-corrected chi connectivity index (χ2v) is 6.81. The predicted octanol–water partition coefficient (Wildman–Crippen LogP) is 4.79. The molecule has 1 aromatic heterocycles. The maximum Gasteiger partial charge on any atom is 0.416 e. The van der Waals surface area contributed by atoms with Gasteiger partial charge in [-0.05, 0) is 48.5 Å². The van der Waals surface area contributed by atoms with Crippen molar-refractivity contribution in [1.82, 2.24) is 9.99 Å². The number of hydrazone groups is 1. The van der Waals surface area contributed by atoms with E-state index < -0.39 is 17.6 Å². The summed E-state index contributed by atoms with van der Waals surface area (Å²) in [6.07, 6.45) is -1.48. The molecule has 0 saturated heterocycles. The Morgan fingerprint density at radius 1 is 1.14 bits per heavy atom. The molecule has 1 N–H and O–H groups in total. The molecule has 3 aromatic rings. The minimum Gasteiger partial charge on any atom is -0.484 e. The molecule has 0 spiro atoms. The number of amides is 1. The number of carbonyl (C=O) groups excluding carboxylic acids is 1. The molecule has 9 heteroatoms. The van der Waals surface area contributed by atoms with Crippen molar-refractivity contribution in [3.63, 3.8) is 0 Å². The SMILES string of the molecule is O=C(COc1cccc(Br)c1)N/N=C/c1cccn1-c1cccc(C(F)(F)F)c1. The molecule has 2 aromatic carbocycles. The van der Waals surface area contributed by atoms with Gasteiger partial charge in [-0.1, -0.05) is 28.1 Å². The summed E-state index contributed by atoms with van der Waals surface area (Å²) in [6.45, 7) is -0.234. The summed E-state index contributed by atoms with van der Waals surface area (Å²) in [5, 5.41) is 3.84. The third-order valence-corrected chi connectivity index (χ3v) is 4.28. The highest BCUT2D eigenvalue weighted by atomic mass is 79.9. The third kappa shape index (κ3) is 5.71. The monoisotopic (exact) mass is 465 g/mol. The summed E-state index contributed by atoms with van der Waals surface area (Å²) in [6, 6.07) is 15.3. The van der Waals surface area contributed by atoms with Crippen molar-refractivity contribution in [2.75, 3.05) is 6.61 Å². The van der Waals surface area contributed by atoms with Crippen molar-refractivity contribution in [3.05, 3.63) is 82.6 Å². The molecule has 0 fully saturated rings. The zero-order valence-corrected chi connectivity index (χ0v) is 16.4. The van der Waals surface area contributed by atoms with Crippen LogP contribution in [0.5, 0.6) is 5.75 Å². The maximum atomic E-state index is 12.9. The summed E-state index contributed by atoms with van der Waals surface area (Å²) in [5.74, 6) is 0.0512. The topological polar surface area (TPSA) is 55.6 Å². The largest absolute Gasteiger partial charge is 0.484 e. The molecule has 0 atom stereocenters. The lowest BCUT2D eigenvalue weighted by Gasteiger charge is -2.11. The lowest BCUT2D eigenvalue weighted by molar-refractivity contribution is -0.137. The fraction of sp³-hybridized carbons (Fsp3) is 0.100. The lowest BCUT2D eigenvalue weighted by atomic mass is 10.2. The van der Waals surface area contributed by atoms with Crippen LogP contribution in [0.2, 0.25) is 0 Å². The van der Waals surface area contributed by atoms with E-state index in [1.54, 1.807) is 42.6 Å². The Balaban J connectivity index is 1.62. The van der Waals surface area contributed by atoms with Gasteiger partial charge >= 0.3 is 6.18 Å². The molecule has 0 bridgehead atoms.